The van der Waals surface area contributed by atoms with Crippen LogP contribution >= 0.6 is 0 Å². The van der Waals surface area contributed by atoms with E-state index in [1.54, 1.807) is 12.4 Å². The lowest BCUT2D eigenvalue weighted by molar-refractivity contribution is 0.0985. The molecule has 142 valence electrons. The standard InChI is InChI=1S/C21H20FN5O/c1-13-12-28-8-7-27(13)19-10-15(17-5-6-24-26-17)9-18(25-19)20-16-4-2-3-14(16)11-23-21(20)22/h2,4-6,9-11,13H,3,7-8,12H2,1H3,(H,24,26)/t13-/m1/s1. The number of hydrogen-bond acceptors (Lipinski definition) is 5. The van der Waals surface area contributed by atoms with Crippen molar-refractivity contribution in [2.24, 2.45) is 0 Å². The third kappa shape index (κ3) is 2.88. The third-order valence-electron chi connectivity index (χ3n) is 5.32. The summed E-state index contributed by atoms with van der Waals surface area (Å²) in [5, 5.41) is 7.05. The number of rotatable bonds is 3. The van der Waals surface area contributed by atoms with Crippen LogP contribution in [0.2, 0.25) is 0 Å². The smallest absolute Gasteiger partial charge is 0.222 e. The number of fused-ring (bicyclic) bond motifs is 1. The van der Waals surface area contributed by atoms with Gasteiger partial charge in [-0.1, -0.05) is 12.2 Å². The molecule has 1 saturated heterocycles. The van der Waals surface area contributed by atoms with E-state index in [0.717, 1.165) is 41.2 Å². The first-order valence-corrected chi connectivity index (χ1v) is 9.41. The molecule has 6 nitrogen and oxygen atoms in total. The molecule has 1 N–H and O–H groups in total. The van der Waals surface area contributed by atoms with E-state index in [1.807, 2.05) is 30.4 Å². The van der Waals surface area contributed by atoms with Crippen LogP contribution in [0.3, 0.4) is 0 Å². The first-order chi connectivity index (χ1) is 13.7. The molecular formula is C21H20FN5O. The van der Waals surface area contributed by atoms with Crippen LogP contribution in [0.4, 0.5) is 10.2 Å². The number of H-pyrrole nitrogens is 1. The van der Waals surface area contributed by atoms with E-state index in [-0.39, 0.29) is 6.04 Å². The van der Waals surface area contributed by atoms with Crippen molar-refractivity contribution in [2.75, 3.05) is 24.7 Å². The lowest BCUT2D eigenvalue weighted by atomic mass is 10.0. The van der Waals surface area contributed by atoms with E-state index in [4.69, 9.17) is 9.72 Å². The number of halogens is 1. The lowest BCUT2D eigenvalue weighted by Gasteiger charge is -2.34. The van der Waals surface area contributed by atoms with Crippen molar-refractivity contribution in [3.05, 3.63) is 53.7 Å². The topological polar surface area (TPSA) is 66.9 Å². The van der Waals surface area contributed by atoms with Crippen LogP contribution in [0.25, 0.3) is 28.6 Å². The maximum absolute atomic E-state index is 14.8. The second-order valence-corrected chi connectivity index (χ2v) is 7.16. The molecule has 28 heavy (non-hydrogen) atoms. The highest BCUT2D eigenvalue weighted by Gasteiger charge is 2.24. The van der Waals surface area contributed by atoms with E-state index in [2.05, 4.69) is 27.0 Å². The summed E-state index contributed by atoms with van der Waals surface area (Å²) in [5.41, 5.74) is 4.69. The Morgan fingerprint density at radius 2 is 2.25 bits per heavy atom. The Hall–Kier alpha value is -3.06. The summed E-state index contributed by atoms with van der Waals surface area (Å²) >= 11 is 0. The van der Waals surface area contributed by atoms with Crippen LogP contribution < -0.4 is 4.90 Å². The highest BCUT2D eigenvalue weighted by atomic mass is 19.1. The van der Waals surface area contributed by atoms with Crippen molar-refractivity contribution < 1.29 is 9.13 Å². The minimum Gasteiger partial charge on any atom is -0.377 e. The second-order valence-electron chi connectivity index (χ2n) is 7.16. The molecule has 3 aromatic heterocycles. The van der Waals surface area contributed by atoms with Gasteiger partial charge in [0.05, 0.1) is 36.2 Å². The number of allylic oxidation sites excluding steroid dienone is 1. The molecular weight excluding hydrogens is 357 g/mol. The molecule has 0 spiro atoms. The first-order valence-electron chi connectivity index (χ1n) is 9.41. The molecule has 0 aromatic carbocycles. The van der Waals surface area contributed by atoms with E-state index in [0.29, 0.717) is 24.5 Å². The van der Waals surface area contributed by atoms with Crippen LogP contribution in [-0.4, -0.2) is 46.0 Å². The number of morpholine rings is 1. The summed E-state index contributed by atoms with van der Waals surface area (Å²) in [6.45, 7) is 4.14. The van der Waals surface area contributed by atoms with Gasteiger partial charge in [-0.15, -0.1) is 0 Å². The minimum atomic E-state index is -0.500. The monoisotopic (exact) mass is 377 g/mol. The summed E-state index contributed by atoms with van der Waals surface area (Å²) < 4.78 is 20.4. The van der Waals surface area contributed by atoms with Gasteiger partial charge in [0.1, 0.15) is 5.82 Å². The van der Waals surface area contributed by atoms with Crippen molar-refractivity contribution in [1.82, 2.24) is 20.2 Å². The van der Waals surface area contributed by atoms with Crippen molar-refractivity contribution >= 4 is 11.9 Å². The highest BCUT2D eigenvalue weighted by Crippen LogP contribution is 2.35. The predicted molar refractivity (Wildman–Crippen MR) is 105 cm³/mol. The Balaban J connectivity index is 1.70. The third-order valence-corrected chi connectivity index (χ3v) is 5.32. The number of aromatic amines is 1. The van der Waals surface area contributed by atoms with Crippen LogP contribution in [-0.2, 0) is 11.2 Å². The molecule has 2 aliphatic rings. The normalized spacial score (nSPS) is 18.5. The van der Waals surface area contributed by atoms with E-state index in [1.165, 1.54) is 0 Å². The number of aromatic nitrogens is 4. The maximum Gasteiger partial charge on any atom is 0.222 e. The van der Waals surface area contributed by atoms with Gasteiger partial charge in [0.15, 0.2) is 0 Å². The van der Waals surface area contributed by atoms with Gasteiger partial charge in [0, 0.05) is 24.5 Å². The number of anilines is 1. The van der Waals surface area contributed by atoms with E-state index < -0.39 is 5.95 Å². The fourth-order valence-corrected chi connectivity index (χ4v) is 3.87. The zero-order valence-electron chi connectivity index (χ0n) is 15.5. The molecule has 1 atom stereocenters. The van der Waals surface area contributed by atoms with Crippen molar-refractivity contribution in [2.45, 2.75) is 19.4 Å². The van der Waals surface area contributed by atoms with Crippen molar-refractivity contribution in [3.8, 4) is 22.5 Å². The molecule has 1 aliphatic heterocycles. The number of pyridine rings is 2. The molecule has 3 aromatic rings. The van der Waals surface area contributed by atoms with Gasteiger partial charge in [0.2, 0.25) is 5.95 Å². The van der Waals surface area contributed by atoms with Gasteiger partial charge in [-0.05, 0) is 42.7 Å². The Bertz CT molecular complexity index is 1050. The molecule has 7 heteroatoms. The predicted octanol–water partition coefficient (Wildman–Crippen LogP) is 3.47. The Labute approximate surface area is 162 Å². The molecule has 1 fully saturated rings. The van der Waals surface area contributed by atoms with Gasteiger partial charge >= 0.3 is 0 Å². The first kappa shape index (κ1) is 17.1. The Kier molecular flexibility index (Phi) is 4.16. The van der Waals surface area contributed by atoms with Gasteiger partial charge < -0.3 is 9.64 Å². The van der Waals surface area contributed by atoms with Gasteiger partial charge in [0.25, 0.3) is 0 Å². The van der Waals surface area contributed by atoms with E-state index in [9.17, 15) is 4.39 Å². The number of nitrogens with zero attached hydrogens (tertiary/aromatic N) is 4. The van der Waals surface area contributed by atoms with Gasteiger partial charge in [-0.25, -0.2) is 9.97 Å². The Morgan fingerprint density at radius 1 is 1.32 bits per heavy atom. The highest BCUT2D eigenvalue weighted by molar-refractivity contribution is 5.80. The number of hydrogen-bond donors (Lipinski definition) is 1. The minimum absolute atomic E-state index is 0.190. The zero-order chi connectivity index (χ0) is 19.1. The van der Waals surface area contributed by atoms with Crippen molar-refractivity contribution in [1.29, 1.82) is 0 Å². The molecule has 0 bridgehead atoms. The maximum atomic E-state index is 14.8. The quantitative estimate of drug-likeness (QED) is 0.708. The summed E-state index contributed by atoms with van der Waals surface area (Å²) in [5.74, 6) is 0.303. The lowest BCUT2D eigenvalue weighted by Crippen LogP contribution is -2.44. The average Bonchev–Trinajstić information content (AvgIpc) is 3.40. The molecule has 0 amide bonds. The Morgan fingerprint density at radius 3 is 3.07 bits per heavy atom. The largest absolute Gasteiger partial charge is 0.377 e. The average molecular weight is 377 g/mol. The fraction of sp³-hybridized carbons (Fsp3) is 0.286. The molecule has 0 radical (unpaired) electrons. The van der Waals surface area contributed by atoms with Crippen molar-refractivity contribution in [3.63, 3.8) is 0 Å². The molecule has 5 rings (SSSR count). The van der Waals surface area contributed by atoms with Crippen LogP contribution in [0.15, 0.2) is 36.7 Å². The summed E-state index contributed by atoms with van der Waals surface area (Å²) in [4.78, 5) is 11.0. The SMILES string of the molecule is C[C@@H]1COCCN1c1cc(-c2ccn[nH]2)cc(-c2c(F)ncc3c2C=CC3)n1. The fourth-order valence-electron chi connectivity index (χ4n) is 3.87. The summed E-state index contributed by atoms with van der Waals surface area (Å²) in [6, 6.07) is 6.00. The molecule has 0 saturated carbocycles. The van der Waals surface area contributed by atoms with Crippen LogP contribution in [0.1, 0.15) is 18.1 Å². The molecule has 1 aliphatic carbocycles. The molecule has 4 heterocycles. The van der Waals surface area contributed by atoms with Crippen LogP contribution in [0, 0.1) is 5.95 Å². The van der Waals surface area contributed by atoms with Crippen LogP contribution in [0.5, 0.6) is 0 Å². The zero-order valence-corrected chi connectivity index (χ0v) is 15.5. The second kappa shape index (κ2) is 6.83. The number of ether oxygens (including phenoxy) is 1. The summed E-state index contributed by atoms with van der Waals surface area (Å²) in [6.07, 6.45) is 8.06. The van der Waals surface area contributed by atoms with Gasteiger partial charge in [-0.2, -0.15) is 9.49 Å². The summed E-state index contributed by atoms with van der Waals surface area (Å²) in [7, 11) is 0. The van der Waals surface area contributed by atoms with Gasteiger partial charge in [-0.3, -0.25) is 5.10 Å². The van der Waals surface area contributed by atoms with E-state index >= 15 is 0 Å². The molecule has 0 unspecified atom stereocenters. The number of nitrogens with one attached hydrogen (secondary N) is 1.